The molecule has 0 amide bonds. The van der Waals surface area contributed by atoms with Gasteiger partial charge in [-0.05, 0) is 38.4 Å². The summed E-state index contributed by atoms with van der Waals surface area (Å²) in [7, 11) is 1.58. The number of nitriles is 1. The molecule has 1 aromatic heterocycles. The van der Waals surface area contributed by atoms with Gasteiger partial charge in [-0.2, -0.15) is 5.26 Å². The van der Waals surface area contributed by atoms with Gasteiger partial charge in [-0.15, -0.1) is 10.2 Å². The molecule has 1 aliphatic rings. The highest BCUT2D eigenvalue weighted by molar-refractivity contribution is 5.46. The van der Waals surface area contributed by atoms with Crippen LogP contribution in [-0.4, -0.2) is 47.9 Å². The number of benzene rings is 1. The smallest absolute Gasteiger partial charge is 0.221 e. The largest absolute Gasteiger partial charge is 0.493 e. The summed E-state index contributed by atoms with van der Waals surface area (Å²) in [5.74, 6) is 2.83. The quantitative estimate of drug-likeness (QED) is 0.787. The maximum absolute atomic E-state index is 8.97. The number of hydrogen-bond acceptors (Lipinski definition) is 7. The van der Waals surface area contributed by atoms with Crippen molar-refractivity contribution in [2.24, 2.45) is 0 Å². The molecule has 1 aliphatic heterocycles. The van der Waals surface area contributed by atoms with Crippen molar-refractivity contribution in [2.75, 3.05) is 26.8 Å². The standard InChI is InChI=1S/C19H24N4O3/c1-13-16(19-22-21-14(2)26-19)5-4-8-23(13)9-10-25-17-7-6-15(12-20)11-18(17)24-3/h6-7,11,13,16H,4-5,8-10H2,1-3H3/t13-,16-/m0/s1. The van der Waals surface area contributed by atoms with Gasteiger partial charge in [0.2, 0.25) is 11.8 Å². The first kappa shape index (κ1) is 18.2. The number of piperidine rings is 1. The highest BCUT2D eigenvalue weighted by atomic mass is 16.5. The number of ether oxygens (including phenoxy) is 2. The second kappa shape index (κ2) is 8.19. The van der Waals surface area contributed by atoms with Crippen LogP contribution in [0.2, 0.25) is 0 Å². The average Bonchev–Trinajstić information content (AvgIpc) is 3.09. The van der Waals surface area contributed by atoms with Crippen molar-refractivity contribution >= 4 is 0 Å². The van der Waals surface area contributed by atoms with Gasteiger partial charge in [0.15, 0.2) is 11.5 Å². The van der Waals surface area contributed by atoms with E-state index in [0.717, 1.165) is 31.8 Å². The summed E-state index contributed by atoms with van der Waals surface area (Å²) in [6.45, 7) is 6.39. The molecule has 2 atom stereocenters. The predicted octanol–water partition coefficient (Wildman–Crippen LogP) is 2.91. The van der Waals surface area contributed by atoms with Gasteiger partial charge in [-0.1, -0.05) is 0 Å². The first-order valence-electron chi connectivity index (χ1n) is 8.87. The van der Waals surface area contributed by atoms with Crippen LogP contribution in [0.4, 0.5) is 0 Å². The second-order valence-electron chi connectivity index (χ2n) is 6.51. The summed E-state index contributed by atoms with van der Waals surface area (Å²) in [5.41, 5.74) is 0.552. The summed E-state index contributed by atoms with van der Waals surface area (Å²) in [4.78, 5) is 2.39. The zero-order chi connectivity index (χ0) is 18.5. The van der Waals surface area contributed by atoms with Crippen LogP contribution >= 0.6 is 0 Å². The van der Waals surface area contributed by atoms with Crippen molar-refractivity contribution in [1.29, 1.82) is 5.26 Å². The molecule has 3 rings (SSSR count). The molecule has 2 aromatic rings. The third-order valence-electron chi connectivity index (χ3n) is 4.91. The van der Waals surface area contributed by atoms with E-state index >= 15 is 0 Å². The first-order chi connectivity index (χ1) is 12.6. The molecule has 1 aromatic carbocycles. The van der Waals surface area contributed by atoms with E-state index in [9.17, 15) is 0 Å². The van der Waals surface area contributed by atoms with Gasteiger partial charge in [0.25, 0.3) is 0 Å². The molecule has 0 unspecified atom stereocenters. The lowest BCUT2D eigenvalue weighted by Gasteiger charge is -2.37. The SMILES string of the molecule is COc1cc(C#N)ccc1OCCN1CCC[C@H](c2nnc(C)o2)[C@@H]1C. The lowest BCUT2D eigenvalue weighted by Crippen LogP contribution is -2.44. The van der Waals surface area contributed by atoms with Crippen molar-refractivity contribution in [3.63, 3.8) is 0 Å². The number of likely N-dealkylation sites (tertiary alicyclic amines) is 1. The summed E-state index contributed by atoms with van der Waals surface area (Å²) < 4.78 is 16.9. The number of hydrogen-bond donors (Lipinski definition) is 0. The maximum atomic E-state index is 8.97. The van der Waals surface area contributed by atoms with Crippen molar-refractivity contribution in [3.05, 3.63) is 35.5 Å². The van der Waals surface area contributed by atoms with Crippen LogP contribution in [0.5, 0.6) is 11.5 Å². The van der Waals surface area contributed by atoms with Crippen LogP contribution in [0, 0.1) is 18.3 Å². The predicted molar refractivity (Wildman–Crippen MR) is 95.2 cm³/mol. The van der Waals surface area contributed by atoms with E-state index < -0.39 is 0 Å². The van der Waals surface area contributed by atoms with Gasteiger partial charge in [0.1, 0.15) is 6.61 Å². The molecular weight excluding hydrogens is 332 g/mol. The van der Waals surface area contributed by atoms with Gasteiger partial charge in [-0.25, -0.2) is 0 Å². The Hall–Kier alpha value is -2.59. The molecule has 1 fully saturated rings. The van der Waals surface area contributed by atoms with E-state index in [2.05, 4.69) is 28.1 Å². The normalized spacial score (nSPS) is 20.5. The Bertz CT molecular complexity index is 783. The minimum absolute atomic E-state index is 0.259. The number of aromatic nitrogens is 2. The first-order valence-corrected chi connectivity index (χ1v) is 8.87. The van der Waals surface area contributed by atoms with E-state index in [1.54, 1.807) is 25.3 Å². The summed E-state index contributed by atoms with van der Waals surface area (Å²) >= 11 is 0. The van der Waals surface area contributed by atoms with Gasteiger partial charge in [0.05, 0.1) is 24.7 Å². The molecule has 0 spiro atoms. The van der Waals surface area contributed by atoms with E-state index in [1.165, 1.54) is 0 Å². The van der Waals surface area contributed by atoms with Crippen molar-refractivity contribution in [3.8, 4) is 17.6 Å². The van der Waals surface area contributed by atoms with Crippen LogP contribution in [0.3, 0.4) is 0 Å². The Labute approximate surface area is 153 Å². The average molecular weight is 356 g/mol. The number of aryl methyl sites for hydroxylation is 1. The molecule has 0 aliphatic carbocycles. The van der Waals surface area contributed by atoms with E-state index in [-0.39, 0.29) is 5.92 Å². The van der Waals surface area contributed by atoms with Crippen molar-refractivity contribution < 1.29 is 13.9 Å². The molecule has 0 saturated carbocycles. The Morgan fingerprint density at radius 2 is 2.19 bits per heavy atom. The summed E-state index contributed by atoms with van der Waals surface area (Å²) in [6.07, 6.45) is 2.15. The van der Waals surface area contributed by atoms with Crippen LogP contribution in [0.15, 0.2) is 22.6 Å². The van der Waals surface area contributed by atoms with E-state index in [1.807, 2.05) is 6.92 Å². The Morgan fingerprint density at radius 3 is 2.88 bits per heavy atom. The fraction of sp³-hybridized carbons (Fsp3) is 0.526. The van der Waals surface area contributed by atoms with Crippen molar-refractivity contribution in [2.45, 2.75) is 38.6 Å². The molecule has 26 heavy (non-hydrogen) atoms. The third-order valence-corrected chi connectivity index (χ3v) is 4.91. The molecule has 7 heteroatoms. The highest BCUT2D eigenvalue weighted by Crippen LogP contribution is 2.32. The highest BCUT2D eigenvalue weighted by Gasteiger charge is 2.32. The van der Waals surface area contributed by atoms with Crippen LogP contribution < -0.4 is 9.47 Å². The second-order valence-corrected chi connectivity index (χ2v) is 6.51. The molecule has 0 N–H and O–H groups in total. The monoisotopic (exact) mass is 356 g/mol. The molecule has 7 nitrogen and oxygen atoms in total. The lowest BCUT2D eigenvalue weighted by molar-refractivity contribution is 0.106. The molecule has 0 bridgehead atoms. The minimum Gasteiger partial charge on any atom is -0.493 e. The number of methoxy groups -OCH3 is 1. The van der Waals surface area contributed by atoms with E-state index in [0.29, 0.717) is 35.6 Å². The van der Waals surface area contributed by atoms with Gasteiger partial charge in [-0.3, -0.25) is 4.90 Å². The fourth-order valence-electron chi connectivity index (χ4n) is 3.45. The number of rotatable bonds is 6. The maximum Gasteiger partial charge on any atom is 0.221 e. The molecule has 138 valence electrons. The van der Waals surface area contributed by atoms with Crippen molar-refractivity contribution in [1.82, 2.24) is 15.1 Å². The van der Waals surface area contributed by atoms with Gasteiger partial charge in [0, 0.05) is 25.6 Å². The van der Waals surface area contributed by atoms with E-state index in [4.69, 9.17) is 19.2 Å². The van der Waals surface area contributed by atoms with Crippen LogP contribution in [-0.2, 0) is 0 Å². The Balaban J connectivity index is 1.58. The zero-order valence-corrected chi connectivity index (χ0v) is 15.4. The molecule has 0 radical (unpaired) electrons. The Kier molecular flexibility index (Phi) is 5.74. The topological polar surface area (TPSA) is 84.4 Å². The zero-order valence-electron chi connectivity index (χ0n) is 15.4. The molecule has 2 heterocycles. The van der Waals surface area contributed by atoms with Crippen LogP contribution in [0.1, 0.15) is 43.0 Å². The van der Waals surface area contributed by atoms with Crippen LogP contribution in [0.25, 0.3) is 0 Å². The molecule has 1 saturated heterocycles. The molecular formula is C19H24N4O3. The third kappa shape index (κ3) is 3.97. The van der Waals surface area contributed by atoms with Gasteiger partial charge >= 0.3 is 0 Å². The Morgan fingerprint density at radius 1 is 1.35 bits per heavy atom. The van der Waals surface area contributed by atoms with Gasteiger partial charge < -0.3 is 13.9 Å². The number of nitrogens with zero attached hydrogens (tertiary/aromatic N) is 4. The minimum atomic E-state index is 0.259. The lowest BCUT2D eigenvalue weighted by atomic mass is 9.90. The fourth-order valence-corrected chi connectivity index (χ4v) is 3.45. The summed E-state index contributed by atoms with van der Waals surface area (Å²) in [5, 5.41) is 17.1. The summed E-state index contributed by atoms with van der Waals surface area (Å²) in [6, 6.07) is 7.61.